The van der Waals surface area contributed by atoms with Crippen molar-refractivity contribution in [1.82, 2.24) is 5.32 Å². The topological polar surface area (TPSA) is 72.5 Å². The largest absolute Gasteiger partial charge is 0.385 e. The maximum absolute atomic E-state index is 14.0. The number of amides is 1. The quantitative estimate of drug-likeness (QED) is 0.601. The van der Waals surface area contributed by atoms with Crippen molar-refractivity contribution in [3.63, 3.8) is 0 Å². The van der Waals surface area contributed by atoms with Crippen LogP contribution in [0.25, 0.3) is 0 Å². The molecule has 1 rings (SSSR count). The molecular weight excluding hydrogens is 344 g/mol. The summed E-state index contributed by atoms with van der Waals surface area (Å²) in [6, 6.07) is 1.90. The van der Waals surface area contributed by atoms with E-state index < -0.39 is 31.2 Å². The molecule has 0 aliphatic rings. The van der Waals surface area contributed by atoms with Gasteiger partial charge in [-0.1, -0.05) is 11.6 Å². The highest BCUT2D eigenvalue weighted by Gasteiger charge is 2.23. The van der Waals surface area contributed by atoms with E-state index in [4.69, 9.17) is 27.0 Å². The summed E-state index contributed by atoms with van der Waals surface area (Å²) in [5.74, 6) is -1.97. The Hall–Kier alpha value is -0.890. The number of halogens is 3. The smallest absolute Gasteiger partial charge is 0.264 e. The Morgan fingerprint density at radius 2 is 2.05 bits per heavy atom. The van der Waals surface area contributed by atoms with Gasteiger partial charge in [0.05, 0.1) is 5.56 Å². The van der Waals surface area contributed by atoms with Crippen LogP contribution in [0.5, 0.6) is 0 Å². The zero-order valence-electron chi connectivity index (χ0n) is 11.2. The van der Waals surface area contributed by atoms with Gasteiger partial charge < -0.3 is 10.1 Å². The molecule has 0 aliphatic heterocycles. The lowest BCUT2D eigenvalue weighted by molar-refractivity contribution is 0.0947. The molecule has 0 saturated carbocycles. The van der Waals surface area contributed by atoms with E-state index in [0.29, 0.717) is 19.6 Å². The number of hydrogen-bond acceptors (Lipinski definition) is 4. The van der Waals surface area contributed by atoms with E-state index in [1.807, 2.05) is 0 Å². The van der Waals surface area contributed by atoms with Gasteiger partial charge in [-0.25, -0.2) is 12.8 Å². The lowest BCUT2D eigenvalue weighted by Gasteiger charge is -2.08. The molecule has 0 aliphatic carbocycles. The summed E-state index contributed by atoms with van der Waals surface area (Å²) in [7, 11) is 2.34. The first kappa shape index (κ1) is 18.2. The third-order valence-electron chi connectivity index (χ3n) is 2.57. The van der Waals surface area contributed by atoms with Gasteiger partial charge in [-0.3, -0.25) is 4.79 Å². The molecule has 0 atom stereocenters. The minimum atomic E-state index is -4.33. The fourth-order valence-electron chi connectivity index (χ4n) is 1.58. The third-order valence-corrected chi connectivity index (χ3v) is 4.11. The van der Waals surface area contributed by atoms with Gasteiger partial charge >= 0.3 is 0 Å². The molecule has 1 aromatic rings. The van der Waals surface area contributed by atoms with E-state index >= 15 is 0 Å². The number of nitrogens with one attached hydrogen (secondary N) is 1. The molecule has 9 heteroatoms. The van der Waals surface area contributed by atoms with Crippen molar-refractivity contribution in [2.75, 3.05) is 20.3 Å². The molecule has 0 radical (unpaired) electrons. The molecule has 0 spiro atoms. The lowest BCUT2D eigenvalue weighted by atomic mass is 10.2. The van der Waals surface area contributed by atoms with E-state index in [9.17, 15) is 17.6 Å². The van der Waals surface area contributed by atoms with Crippen LogP contribution in [0.15, 0.2) is 17.0 Å². The molecule has 0 heterocycles. The average Bonchev–Trinajstić information content (AvgIpc) is 2.39. The van der Waals surface area contributed by atoms with Crippen molar-refractivity contribution in [2.45, 2.75) is 17.7 Å². The van der Waals surface area contributed by atoms with E-state index in [0.717, 1.165) is 18.6 Å². The van der Waals surface area contributed by atoms with Crippen LogP contribution in [0.3, 0.4) is 0 Å². The predicted molar refractivity (Wildman–Crippen MR) is 77.9 cm³/mol. The third kappa shape index (κ3) is 5.43. The zero-order chi connectivity index (χ0) is 16.0. The van der Waals surface area contributed by atoms with Gasteiger partial charge in [0.1, 0.15) is 4.90 Å². The van der Waals surface area contributed by atoms with Crippen molar-refractivity contribution < 1.29 is 22.3 Å². The van der Waals surface area contributed by atoms with Crippen molar-refractivity contribution in [3.8, 4) is 0 Å². The lowest BCUT2D eigenvalue weighted by Crippen LogP contribution is -2.26. The highest BCUT2D eigenvalue weighted by molar-refractivity contribution is 8.13. The monoisotopic (exact) mass is 357 g/mol. The van der Waals surface area contributed by atoms with Gasteiger partial charge in [-0.2, -0.15) is 0 Å². The number of ether oxygens (including phenoxy) is 1. The molecule has 0 bridgehead atoms. The number of benzene rings is 1. The van der Waals surface area contributed by atoms with Crippen LogP contribution in [0.2, 0.25) is 5.02 Å². The van der Waals surface area contributed by atoms with Crippen molar-refractivity contribution in [2.24, 2.45) is 0 Å². The molecule has 21 heavy (non-hydrogen) atoms. The molecule has 1 aromatic carbocycles. The first-order valence-electron chi connectivity index (χ1n) is 5.98. The van der Waals surface area contributed by atoms with Gasteiger partial charge in [0.2, 0.25) is 0 Å². The summed E-state index contributed by atoms with van der Waals surface area (Å²) in [5, 5.41) is 2.38. The number of methoxy groups -OCH3 is 1. The summed E-state index contributed by atoms with van der Waals surface area (Å²) < 4.78 is 41.3. The molecule has 0 saturated heterocycles. The second-order valence-electron chi connectivity index (χ2n) is 4.16. The Kier molecular flexibility index (Phi) is 6.86. The molecular formula is C12H14Cl2FNO4S. The maximum atomic E-state index is 14.0. The standard InChI is InChI=1S/C12H14Cl2FNO4S/c1-20-5-3-2-4-16-12(17)9-6-8(13)7-10(11(9)15)21(14,18)19/h6-7H,2-5H2,1H3,(H,16,17). The van der Waals surface area contributed by atoms with Crippen molar-refractivity contribution in [3.05, 3.63) is 28.5 Å². The fourth-order valence-corrected chi connectivity index (χ4v) is 2.79. The van der Waals surface area contributed by atoms with E-state index in [1.54, 1.807) is 7.11 Å². The second-order valence-corrected chi connectivity index (χ2v) is 7.13. The Balaban J connectivity index is 2.88. The molecule has 1 N–H and O–H groups in total. The molecule has 118 valence electrons. The van der Waals surface area contributed by atoms with Crippen molar-refractivity contribution in [1.29, 1.82) is 0 Å². The molecule has 0 aromatic heterocycles. The Labute approximate surface area is 131 Å². The highest BCUT2D eigenvalue weighted by atomic mass is 35.7. The number of carbonyl (C=O) groups excluding carboxylic acids is 1. The Bertz CT molecular complexity index is 622. The zero-order valence-corrected chi connectivity index (χ0v) is 13.5. The maximum Gasteiger partial charge on any atom is 0.264 e. The first-order chi connectivity index (χ1) is 9.77. The van der Waals surface area contributed by atoms with Crippen LogP contribution in [0.4, 0.5) is 4.39 Å². The van der Waals surface area contributed by atoms with Crippen LogP contribution in [0.1, 0.15) is 23.2 Å². The molecule has 5 nitrogen and oxygen atoms in total. The van der Waals surface area contributed by atoms with Crippen molar-refractivity contribution >= 4 is 37.2 Å². The summed E-state index contributed by atoms with van der Waals surface area (Å²) in [4.78, 5) is 11.0. The number of unbranched alkanes of at least 4 members (excludes halogenated alkanes) is 1. The van der Waals surface area contributed by atoms with Crippen LogP contribution in [0, 0.1) is 5.82 Å². The van der Waals surface area contributed by atoms with E-state index in [-0.39, 0.29) is 5.02 Å². The molecule has 0 fully saturated rings. The van der Waals surface area contributed by atoms with Gasteiger partial charge in [0.25, 0.3) is 15.0 Å². The molecule has 1 amide bonds. The Morgan fingerprint density at radius 3 is 2.62 bits per heavy atom. The van der Waals surface area contributed by atoms with Crippen LogP contribution < -0.4 is 5.32 Å². The van der Waals surface area contributed by atoms with Gasteiger partial charge in [0, 0.05) is 36.0 Å². The Morgan fingerprint density at radius 1 is 1.38 bits per heavy atom. The fraction of sp³-hybridized carbons (Fsp3) is 0.417. The summed E-state index contributed by atoms with van der Waals surface area (Å²) in [6.45, 7) is 0.854. The average molecular weight is 358 g/mol. The SMILES string of the molecule is COCCCCNC(=O)c1cc(Cl)cc(S(=O)(=O)Cl)c1F. The van der Waals surface area contributed by atoms with Gasteiger partial charge in [0.15, 0.2) is 5.82 Å². The van der Waals surface area contributed by atoms with E-state index in [1.165, 1.54) is 0 Å². The predicted octanol–water partition coefficient (Wildman–Crippen LogP) is 2.56. The van der Waals surface area contributed by atoms with Crippen LogP contribution in [-0.4, -0.2) is 34.6 Å². The first-order valence-corrected chi connectivity index (χ1v) is 8.67. The molecule has 0 unspecified atom stereocenters. The second kappa shape index (κ2) is 7.93. The van der Waals surface area contributed by atoms with Crippen LogP contribution >= 0.6 is 22.3 Å². The summed E-state index contributed by atoms with van der Waals surface area (Å²) in [5.41, 5.74) is -0.464. The van der Waals surface area contributed by atoms with E-state index in [2.05, 4.69) is 5.32 Å². The van der Waals surface area contributed by atoms with Gasteiger partial charge in [-0.05, 0) is 25.0 Å². The minimum Gasteiger partial charge on any atom is -0.385 e. The summed E-state index contributed by atoms with van der Waals surface area (Å²) >= 11 is 5.69. The minimum absolute atomic E-state index is 0.0971. The normalized spacial score (nSPS) is 11.4. The summed E-state index contributed by atoms with van der Waals surface area (Å²) in [6.07, 6.45) is 1.37. The number of hydrogen-bond donors (Lipinski definition) is 1. The van der Waals surface area contributed by atoms with Gasteiger partial charge in [-0.15, -0.1) is 0 Å². The van der Waals surface area contributed by atoms with Crippen LogP contribution in [-0.2, 0) is 13.8 Å². The number of carbonyl (C=O) groups is 1. The highest BCUT2D eigenvalue weighted by Crippen LogP contribution is 2.26. The number of rotatable bonds is 7.